The molecule has 0 aliphatic carbocycles. The summed E-state index contributed by atoms with van der Waals surface area (Å²) in [5.74, 6) is 4.75. The zero-order valence-corrected chi connectivity index (χ0v) is 20.8. The molecule has 0 unspecified atom stereocenters. The molecule has 1 saturated heterocycles. The van der Waals surface area contributed by atoms with E-state index in [-0.39, 0.29) is 5.56 Å². The minimum atomic E-state index is -4.66. The van der Waals surface area contributed by atoms with Crippen LogP contribution < -0.4 is 16.0 Å². The Balaban J connectivity index is 1.67. The molecular weight excluding hydrogens is 499 g/mol. The number of hydrogen-bond acceptors (Lipinski definition) is 7. The highest BCUT2D eigenvalue weighted by Gasteiger charge is 2.33. The molecule has 4 rings (SSSR count). The normalized spacial score (nSPS) is 15.3. The molecule has 0 bridgehead atoms. The van der Waals surface area contributed by atoms with E-state index < -0.39 is 23.5 Å². The standard InChI is InChI=1S/C27H26F3N5O3/c1-17-3-4-20(34-25(36)18-6-8-32-24(14-18)27(28,29)30)15-21(17)19-13-23(35-9-11-38-12-10-35)22(33-16-19)5-7-26(2,31)37/h3-4,6,8,13-16,37H,9-12,31H2,1-2H3,(H,34,36)/t26-/m0/s1. The summed E-state index contributed by atoms with van der Waals surface area (Å²) in [6.07, 6.45) is -2.08. The average Bonchev–Trinajstić information content (AvgIpc) is 2.88. The third-order valence-electron chi connectivity index (χ3n) is 5.77. The number of alkyl halides is 3. The van der Waals surface area contributed by atoms with Gasteiger partial charge in [-0.2, -0.15) is 13.2 Å². The lowest BCUT2D eigenvalue weighted by atomic mass is 10.00. The maximum absolute atomic E-state index is 13.0. The number of morpholine rings is 1. The van der Waals surface area contributed by atoms with Gasteiger partial charge in [0, 0.05) is 42.3 Å². The van der Waals surface area contributed by atoms with Crippen LogP contribution in [0, 0.1) is 18.8 Å². The molecule has 3 heterocycles. The maximum atomic E-state index is 13.0. The molecule has 198 valence electrons. The first kappa shape index (κ1) is 27.1. The maximum Gasteiger partial charge on any atom is 0.433 e. The number of nitrogens with zero attached hydrogens (tertiary/aromatic N) is 3. The number of rotatable bonds is 4. The fraction of sp³-hybridized carbons (Fsp3) is 0.296. The van der Waals surface area contributed by atoms with Crippen molar-refractivity contribution < 1.29 is 27.8 Å². The van der Waals surface area contributed by atoms with Crippen LogP contribution in [0.4, 0.5) is 24.5 Å². The number of nitrogens with two attached hydrogens (primary N) is 1. The van der Waals surface area contributed by atoms with Crippen molar-refractivity contribution in [1.82, 2.24) is 9.97 Å². The molecule has 1 aliphatic heterocycles. The largest absolute Gasteiger partial charge is 0.433 e. The lowest BCUT2D eigenvalue weighted by Crippen LogP contribution is -2.37. The number of anilines is 2. The van der Waals surface area contributed by atoms with Crippen molar-refractivity contribution in [3.8, 4) is 23.0 Å². The summed E-state index contributed by atoms with van der Waals surface area (Å²) in [7, 11) is 0. The minimum Gasteiger partial charge on any atom is -0.378 e. The molecule has 8 nitrogen and oxygen atoms in total. The first-order chi connectivity index (χ1) is 17.9. The molecule has 3 aromatic rings. The summed E-state index contributed by atoms with van der Waals surface area (Å²) in [6.45, 7) is 5.60. The fourth-order valence-corrected chi connectivity index (χ4v) is 3.87. The number of hydrogen-bond donors (Lipinski definition) is 3. The van der Waals surface area contributed by atoms with Gasteiger partial charge in [-0.3, -0.25) is 15.5 Å². The average molecular weight is 526 g/mol. The molecule has 1 aromatic carbocycles. The Hall–Kier alpha value is -3.98. The second kappa shape index (κ2) is 10.8. The zero-order chi connectivity index (χ0) is 27.5. The van der Waals surface area contributed by atoms with Crippen molar-refractivity contribution in [1.29, 1.82) is 0 Å². The summed E-state index contributed by atoms with van der Waals surface area (Å²) >= 11 is 0. The van der Waals surface area contributed by atoms with Crippen LogP contribution in [-0.4, -0.2) is 53.0 Å². The smallest absolute Gasteiger partial charge is 0.378 e. The Kier molecular flexibility index (Phi) is 7.68. The second-order valence-corrected chi connectivity index (χ2v) is 9.00. The Morgan fingerprint density at radius 2 is 1.89 bits per heavy atom. The van der Waals surface area contributed by atoms with Crippen LogP contribution >= 0.6 is 0 Å². The third-order valence-corrected chi connectivity index (χ3v) is 5.77. The van der Waals surface area contributed by atoms with Gasteiger partial charge in [-0.1, -0.05) is 6.07 Å². The van der Waals surface area contributed by atoms with Crippen LogP contribution in [0.5, 0.6) is 0 Å². The SMILES string of the molecule is Cc1ccc(NC(=O)c2ccnc(C(F)(F)F)c2)cc1-c1cnc(C#C[C@@](C)(N)O)c(N2CCOCC2)c1. The van der Waals surface area contributed by atoms with Crippen LogP contribution in [0.3, 0.4) is 0 Å². The molecule has 1 aliphatic rings. The number of aromatic nitrogens is 2. The Labute approximate surface area is 217 Å². The molecule has 0 spiro atoms. The predicted molar refractivity (Wildman–Crippen MR) is 136 cm³/mol. The van der Waals surface area contributed by atoms with Crippen LogP contribution in [0.2, 0.25) is 0 Å². The van der Waals surface area contributed by atoms with Crippen LogP contribution in [0.25, 0.3) is 11.1 Å². The quantitative estimate of drug-likeness (QED) is 0.353. The number of pyridine rings is 2. The summed E-state index contributed by atoms with van der Waals surface area (Å²) in [5.41, 5.74) is 6.61. The molecule has 1 fully saturated rings. The van der Waals surface area contributed by atoms with E-state index in [1.165, 1.54) is 13.0 Å². The Bertz CT molecular complexity index is 1400. The number of benzene rings is 1. The fourth-order valence-electron chi connectivity index (χ4n) is 3.87. The van der Waals surface area contributed by atoms with Crippen molar-refractivity contribution in [2.75, 3.05) is 36.5 Å². The molecule has 2 aromatic heterocycles. The highest BCUT2D eigenvalue weighted by molar-refractivity contribution is 6.04. The number of amides is 1. The van der Waals surface area contributed by atoms with E-state index in [9.17, 15) is 23.1 Å². The Morgan fingerprint density at radius 1 is 1.16 bits per heavy atom. The lowest BCUT2D eigenvalue weighted by molar-refractivity contribution is -0.141. The number of ether oxygens (including phenoxy) is 1. The number of carbonyl (C=O) groups is 1. The van der Waals surface area contributed by atoms with Crippen molar-refractivity contribution in [3.05, 3.63) is 71.3 Å². The number of aliphatic hydroxyl groups is 1. The van der Waals surface area contributed by atoms with Gasteiger partial charge >= 0.3 is 6.18 Å². The summed E-state index contributed by atoms with van der Waals surface area (Å²) in [4.78, 5) is 22.6. The molecular formula is C27H26F3N5O3. The van der Waals surface area contributed by atoms with Crippen molar-refractivity contribution >= 4 is 17.3 Å². The summed E-state index contributed by atoms with van der Waals surface area (Å²) in [5, 5.41) is 12.5. The van der Waals surface area contributed by atoms with E-state index in [1.807, 2.05) is 13.0 Å². The van der Waals surface area contributed by atoms with Gasteiger partial charge in [0.25, 0.3) is 5.91 Å². The van der Waals surface area contributed by atoms with Crippen LogP contribution in [0.15, 0.2) is 48.8 Å². The first-order valence-corrected chi connectivity index (χ1v) is 11.7. The molecule has 1 amide bonds. The summed E-state index contributed by atoms with van der Waals surface area (Å²) in [6, 6.07) is 9.04. The molecule has 38 heavy (non-hydrogen) atoms. The van der Waals surface area contributed by atoms with Gasteiger partial charge < -0.3 is 20.1 Å². The van der Waals surface area contributed by atoms with Gasteiger partial charge in [0.15, 0.2) is 5.72 Å². The van der Waals surface area contributed by atoms with Crippen molar-refractivity contribution in [2.24, 2.45) is 5.73 Å². The minimum absolute atomic E-state index is 0.163. The third kappa shape index (κ3) is 6.66. The van der Waals surface area contributed by atoms with Gasteiger partial charge in [-0.25, -0.2) is 4.98 Å². The van der Waals surface area contributed by atoms with E-state index in [2.05, 4.69) is 32.0 Å². The molecule has 1 atom stereocenters. The van der Waals surface area contributed by atoms with Crippen LogP contribution in [0.1, 0.15) is 34.2 Å². The number of halogens is 3. The topological polar surface area (TPSA) is 114 Å². The molecule has 0 radical (unpaired) electrons. The Morgan fingerprint density at radius 3 is 2.58 bits per heavy atom. The van der Waals surface area contributed by atoms with Gasteiger partial charge in [0.05, 0.1) is 18.9 Å². The second-order valence-electron chi connectivity index (χ2n) is 9.00. The van der Waals surface area contributed by atoms with E-state index in [1.54, 1.807) is 24.4 Å². The van der Waals surface area contributed by atoms with E-state index in [4.69, 9.17) is 10.5 Å². The summed E-state index contributed by atoms with van der Waals surface area (Å²) < 4.78 is 44.5. The van der Waals surface area contributed by atoms with Gasteiger partial charge in [-0.05, 0) is 67.1 Å². The first-order valence-electron chi connectivity index (χ1n) is 11.7. The number of carbonyl (C=O) groups excluding carboxylic acids is 1. The molecule has 0 saturated carbocycles. The van der Waals surface area contributed by atoms with Gasteiger partial charge in [0.1, 0.15) is 11.4 Å². The lowest BCUT2D eigenvalue weighted by Gasteiger charge is -2.29. The number of nitrogens with one attached hydrogen (secondary N) is 1. The monoisotopic (exact) mass is 525 g/mol. The van der Waals surface area contributed by atoms with E-state index in [0.29, 0.717) is 43.8 Å². The molecule has 4 N–H and O–H groups in total. The zero-order valence-electron chi connectivity index (χ0n) is 20.8. The number of aryl methyl sites for hydroxylation is 1. The van der Waals surface area contributed by atoms with Gasteiger partial charge in [-0.15, -0.1) is 0 Å². The van der Waals surface area contributed by atoms with E-state index in [0.717, 1.165) is 28.6 Å². The molecule has 11 heteroatoms. The van der Waals surface area contributed by atoms with Gasteiger partial charge in [0.2, 0.25) is 0 Å². The highest BCUT2D eigenvalue weighted by Crippen LogP contribution is 2.32. The van der Waals surface area contributed by atoms with Crippen LogP contribution in [-0.2, 0) is 10.9 Å². The van der Waals surface area contributed by atoms with E-state index >= 15 is 0 Å². The van der Waals surface area contributed by atoms with Crippen molar-refractivity contribution in [3.63, 3.8) is 0 Å². The van der Waals surface area contributed by atoms with Crippen molar-refractivity contribution in [2.45, 2.75) is 25.7 Å². The highest BCUT2D eigenvalue weighted by atomic mass is 19.4. The predicted octanol–water partition coefficient (Wildman–Crippen LogP) is 3.58.